The van der Waals surface area contributed by atoms with Gasteiger partial charge < -0.3 is 4.42 Å². The monoisotopic (exact) mass is 499 g/mol. The van der Waals surface area contributed by atoms with Crippen LogP contribution in [0.4, 0.5) is 0 Å². The van der Waals surface area contributed by atoms with Crippen molar-refractivity contribution in [1.29, 1.82) is 0 Å². The van der Waals surface area contributed by atoms with E-state index in [-0.39, 0.29) is 0 Å². The zero-order chi connectivity index (χ0) is 25.8. The quantitative estimate of drug-likeness (QED) is 0.243. The summed E-state index contributed by atoms with van der Waals surface area (Å²) in [4.78, 5) is 14.9. The zero-order valence-electron chi connectivity index (χ0n) is 20.9. The van der Waals surface area contributed by atoms with Crippen LogP contribution in [0.25, 0.3) is 77.6 Å². The van der Waals surface area contributed by atoms with Gasteiger partial charge in [0, 0.05) is 21.9 Å². The maximum absolute atomic E-state index is 6.49. The summed E-state index contributed by atoms with van der Waals surface area (Å²) < 4.78 is 6.49. The molecule has 0 unspecified atom stereocenters. The van der Waals surface area contributed by atoms with E-state index in [9.17, 15) is 0 Å². The molecule has 182 valence electrons. The Hall–Kier alpha value is -5.35. The molecule has 4 nitrogen and oxygen atoms in total. The average molecular weight is 500 g/mol. The van der Waals surface area contributed by atoms with E-state index in [1.54, 1.807) is 0 Å². The van der Waals surface area contributed by atoms with Crippen molar-refractivity contribution in [3.63, 3.8) is 0 Å². The first-order valence-corrected chi connectivity index (χ1v) is 13.0. The fourth-order valence-corrected chi connectivity index (χ4v) is 5.33. The molecule has 0 radical (unpaired) electrons. The highest BCUT2D eigenvalue weighted by Crippen LogP contribution is 2.37. The maximum Gasteiger partial charge on any atom is 0.167 e. The molecule has 2 heterocycles. The number of para-hydroxylation sites is 1. The van der Waals surface area contributed by atoms with E-state index < -0.39 is 0 Å². The van der Waals surface area contributed by atoms with Crippen LogP contribution in [0, 0.1) is 0 Å². The van der Waals surface area contributed by atoms with E-state index in [4.69, 9.17) is 19.4 Å². The van der Waals surface area contributed by atoms with Crippen LogP contribution < -0.4 is 0 Å². The first-order valence-electron chi connectivity index (χ1n) is 13.0. The summed E-state index contributed by atoms with van der Waals surface area (Å²) in [5, 5.41) is 6.78. The molecule has 0 saturated heterocycles. The molecule has 0 atom stereocenters. The number of benzene rings is 6. The molecule has 0 spiro atoms. The van der Waals surface area contributed by atoms with Gasteiger partial charge in [-0.25, -0.2) is 15.0 Å². The van der Waals surface area contributed by atoms with Crippen molar-refractivity contribution in [2.45, 2.75) is 0 Å². The van der Waals surface area contributed by atoms with Gasteiger partial charge in [0.25, 0.3) is 0 Å². The van der Waals surface area contributed by atoms with Crippen LogP contribution in [0.1, 0.15) is 0 Å². The van der Waals surface area contributed by atoms with Gasteiger partial charge in [0.05, 0.1) is 5.56 Å². The molecule has 0 saturated carbocycles. The molecule has 8 aromatic rings. The summed E-state index contributed by atoms with van der Waals surface area (Å²) in [6, 6.07) is 43.5. The summed E-state index contributed by atoms with van der Waals surface area (Å²) in [5.41, 5.74) is 4.35. The van der Waals surface area contributed by atoms with E-state index in [0.29, 0.717) is 17.5 Å². The molecule has 2 aromatic heterocycles. The van der Waals surface area contributed by atoms with Crippen LogP contribution in [0.15, 0.2) is 132 Å². The fraction of sp³-hybridized carbons (Fsp3) is 0. The SMILES string of the molecule is c1ccc(-c2nc(-c3ccc4ccccc4c3)nc(-c3cccc4c3oc3cc5ccccc5cc34)n2)cc1. The van der Waals surface area contributed by atoms with Gasteiger partial charge in [-0.3, -0.25) is 0 Å². The Bertz CT molecular complexity index is 2180. The molecule has 0 N–H and O–H groups in total. The van der Waals surface area contributed by atoms with Gasteiger partial charge in [-0.2, -0.15) is 0 Å². The van der Waals surface area contributed by atoms with Crippen LogP contribution in [0.5, 0.6) is 0 Å². The van der Waals surface area contributed by atoms with Crippen molar-refractivity contribution in [2.75, 3.05) is 0 Å². The van der Waals surface area contributed by atoms with Crippen LogP contribution in [-0.2, 0) is 0 Å². The molecule has 0 aliphatic rings. The second-order valence-corrected chi connectivity index (χ2v) is 9.71. The van der Waals surface area contributed by atoms with Crippen LogP contribution in [-0.4, -0.2) is 15.0 Å². The van der Waals surface area contributed by atoms with Crippen molar-refractivity contribution in [3.8, 4) is 34.2 Å². The normalized spacial score (nSPS) is 11.6. The number of rotatable bonds is 3. The molecule has 0 aliphatic carbocycles. The van der Waals surface area contributed by atoms with Crippen molar-refractivity contribution >= 4 is 43.5 Å². The predicted molar refractivity (Wildman–Crippen MR) is 158 cm³/mol. The van der Waals surface area contributed by atoms with Gasteiger partial charge >= 0.3 is 0 Å². The summed E-state index contributed by atoms with van der Waals surface area (Å²) >= 11 is 0. The van der Waals surface area contributed by atoms with Crippen molar-refractivity contribution < 1.29 is 4.42 Å². The highest BCUT2D eigenvalue weighted by atomic mass is 16.3. The minimum absolute atomic E-state index is 0.584. The number of aromatic nitrogens is 3. The van der Waals surface area contributed by atoms with Gasteiger partial charge in [0.1, 0.15) is 11.2 Å². The molecule has 0 amide bonds. The number of hydrogen-bond acceptors (Lipinski definition) is 4. The van der Waals surface area contributed by atoms with Crippen LogP contribution in [0.2, 0.25) is 0 Å². The molecule has 8 rings (SSSR count). The summed E-state index contributed by atoms with van der Waals surface area (Å²) in [7, 11) is 0. The highest BCUT2D eigenvalue weighted by molar-refractivity contribution is 6.12. The lowest BCUT2D eigenvalue weighted by molar-refractivity contribution is 0.670. The Morgan fingerprint density at radius 1 is 0.410 bits per heavy atom. The van der Waals surface area contributed by atoms with Crippen molar-refractivity contribution in [2.24, 2.45) is 0 Å². The van der Waals surface area contributed by atoms with E-state index in [2.05, 4.69) is 66.7 Å². The third-order valence-corrected chi connectivity index (χ3v) is 7.28. The van der Waals surface area contributed by atoms with Crippen molar-refractivity contribution in [1.82, 2.24) is 15.0 Å². The largest absolute Gasteiger partial charge is 0.455 e. The molecular weight excluding hydrogens is 478 g/mol. The van der Waals surface area contributed by atoms with Crippen LogP contribution >= 0.6 is 0 Å². The lowest BCUT2D eigenvalue weighted by Gasteiger charge is -2.09. The number of hydrogen-bond donors (Lipinski definition) is 0. The van der Waals surface area contributed by atoms with E-state index >= 15 is 0 Å². The van der Waals surface area contributed by atoms with Gasteiger partial charge in [-0.15, -0.1) is 0 Å². The van der Waals surface area contributed by atoms with E-state index in [0.717, 1.165) is 49.4 Å². The third-order valence-electron chi connectivity index (χ3n) is 7.28. The topological polar surface area (TPSA) is 51.8 Å². The summed E-state index contributed by atoms with van der Waals surface area (Å²) in [5.74, 6) is 1.84. The van der Waals surface area contributed by atoms with Gasteiger partial charge in [0.2, 0.25) is 0 Å². The molecular formula is C35H21N3O. The summed E-state index contributed by atoms with van der Waals surface area (Å²) in [6.07, 6.45) is 0. The minimum atomic E-state index is 0.584. The van der Waals surface area contributed by atoms with Gasteiger partial charge in [-0.1, -0.05) is 103 Å². The Labute approximate surface area is 224 Å². The minimum Gasteiger partial charge on any atom is -0.455 e. The lowest BCUT2D eigenvalue weighted by Crippen LogP contribution is -2.00. The fourth-order valence-electron chi connectivity index (χ4n) is 5.33. The van der Waals surface area contributed by atoms with Crippen LogP contribution in [0.3, 0.4) is 0 Å². The smallest absolute Gasteiger partial charge is 0.167 e. The average Bonchev–Trinajstić information content (AvgIpc) is 3.37. The van der Waals surface area contributed by atoms with E-state index in [1.807, 2.05) is 60.7 Å². The Kier molecular flexibility index (Phi) is 4.79. The number of fused-ring (bicyclic) bond motifs is 5. The third kappa shape index (κ3) is 3.65. The van der Waals surface area contributed by atoms with E-state index in [1.165, 1.54) is 10.8 Å². The molecule has 0 bridgehead atoms. The molecule has 4 heteroatoms. The molecule has 0 aliphatic heterocycles. The second-order valence-electron chi connectivity index (χ2n) is 9.71. The summed E-state index contributed by atoms with van der Waals surface area (Å²) in [6.45, 7) is 0. The molecule has 39 heavy (non-hydrogen) atoms. The second kappa shape index (κ2) is 8.61. The Morgan fingerprint density at radius 3 is 1.85 bits per heavy atom. The first kappa shape index (κ1) is 21.7. The Morgan fingerprint density at radius 2 is 1.05 bits per heavy atom. The first-order chi connectivity index (χ1) is 19.3. The lowest BCUT2D eigenvalue weighted by atomic mass is 10.0. The highest BCUT2D eigenvalue weighted by Gasteiger charge is 2.18. The zero-order valence-corrected chi connectivity index (χ0v) is 20.9. The van der Waals surface area contributed by atoms with Gasteiger partial charge in [0.15, 0.2) is 17.5 Å². The Balaban J connectivity index is 1.38. The molecule has 6 aromatic carbocycles. The molecule has 0 fully saturated rings. The number of nitrogens with zero attached hydrogens (tertiary/aromatic N) is 3. The van der Waals surface area contributed by atoms with Crippen molar-refractivity contribution in [3.05, 3.63) is 127 Å². The number of furan rings is 1. The maximum atomic E-state index is 6.49. The van der Waals surface area contributed by atoms with Gasteiger partial charge in [-0.05, 0) is 45.8 Å². The standard InChI is InChI=1S/C35H21N3O/c1-2-10-23(11-3-1)33-36-34(27-18-17-22-9-4-5-12-24(22)19-27)38-35(37-33)29-16-8-15-28-30-20-25-13-6-7-14-26(25)21-31(30)39-32(28)29/h1-21H. The predicted octanol–water partition coefficient (Wildman–Crippen LogP) is 9.08.